The van der Waals surface area contributed by atoms with E-state index in [0.29, 0.717) is 44.5 Å². The third kappa shape index (κ3) is 11.7. The average molecular weight is 711 g/mol. The number of carboxylic acid groups (broad SMARTS) is 1. The van der Waals surface area contributed by atoms with Gasteiger partial charge in [-0.15, -0.1) is 0 Å². The quantitative estimate of drug-likeness (QED) is 0.0703. The number of amides is 1. The summed E-state index contributed by atoms with van der Waals surface area (Å²) in [6.45, 7) is 1.27. The average Bonchev–Trinajstić information content (AvgIpc) is 3.15. The fraction of sp³-hybridized carbons (Fsp3) is 0.381. The number of likely N-dealkylation sites (N-methyl/N-ethyl adjacent to an activating group) is 1. The van der Waals surface area contributed by atoms with Crippen molar-refractivity contribution in [2.75, 3.05) is 20.1 Å². The molecule has 0 spiro atoms. The molecule has 10 nitrogen and oxygen atoms in total. The number of carbonyl (C=O) groups excluding carboxylic acids is 1. The maximum absolute atomic E-state index is 12.4. The second-order valence-corrected chi connectivity index (χ2v) is 13.6. The highest BCUT2D eigenvalue weighted by molar-refractivity contribution is 5.76. The normalized spacial score (nSPS) is 17.9. The predicted octanol–water partition coefficient (Wildman–Crippen LogP) is 6.80. The molecule has 0 saturated carbocycles. The van der Waals surface area contributed by atoms with Gasteiger partial charge in [-0.25, -0.2) is 0 Å². The summed E-state index contributed by atoms with van der Waals surface area (Å²) in [4.78, 5) is 25.1. The molecule has 52 heavy (non-hydrogen) atoms. The summed E-state index contributed by atoms with van der Waals surface area (Å²) in [7, 11) is 1.94. The Hall–Kier alpha value is -4.58. The Balaban J connectivity index is 1.25. The lowest BCUT2D eigenvalue weighted by Gasteiger charge is -2.38. The minimum Gasteiger partial charge on any atom is -0.508 e. The van der Waals surface area contributed by atoms with Gasteiger partial charge in [-0.3, -0.25) is 9.59 Å². The van der Waals surface area contributed by atoms with Crippen LogP contribution in [0.1, 0.15) is 91.3 Å². The van der Waals surface area contributed by atoms with E-state index in [0.717, 1.165) is 52.6 Å². The molecular formula is C42H50N2O8. The molecule has 0 aliphatic carbocycles. The molecule has 5 rings (SSSR count). The van der Waals surface area contributed by atoms with Gasteiger partial charge >= 0.3 is 5.97 Å². The first-order valence-electron chi connectivity index (χ1n) is 18.0. The second-order valence-electron chi connectivity index (χ2n) is 13.6. The van der Waals surface area contributed by atoms with Gasteiger partial charge in [0, 0.05) is 44.5 Å². The molecule has 4 aromatic rings. The van der Waals surface area contributed by atoms with E-state index in [1.807, 2.05) is 72.6 Å². The zero-order chi connectivity index (χ0) is 36.9. The first kappa shape index (κ1) is 38.6. The number of carbonyl (C=O) groups is 2. The van der Waals surface area contributed by atoms with Gasteiger partial charge in [0.1, 0.15) is 5.75 Å². The molecule has 4 aromatic carbocycles. The molecule has 0 bridgehead atoms. The van der Waals surface area contributed by atoms with Crippen LogP contribution in [-0.2, 0) is 32.2 Å². The molecule has 0 unspecified atom stereocenters. The van der Waals surface area contributed by atoms with Gasteiger partial charge in [-0.05, 0) is 77.5 Å². The highest BCUT2D eigenvalue weighted by atomic mass is 16.7. The summed E-state index contributed by atoms with van der Waals surface area (Å²) in [6.07, 6.45) is 2.26. The Morgan fingerprint density at radius 1 is 0.827 bits per heavy atom. The molecule has 1 amide bonds. The van der Waals surface area contributed by atoms with Crippen molar-refractivity contribution >= 4 is 11.9 Å². The smallest absolute Gasteiger partial charge is 0.303 e. The maximum atomic E-state index is 12.4. The monoisotopic (exact) mass is 710 g/mol. The zero-order valence-corrected chi connectivity index (χ0v) is 29.7. The molecule has 10 heteroatoms. The molecule has 1 heterocycles. The number of hydrogen-bond donors (Lipinski definition) is 5. The van der Waals surface area contributed by atoms with E-state index in [-0.39, 0.29) is 36.9 Å². The number of rotatable bonds is 18. The number of aliphatic carboxylic acids is 1. The molecular weight excluding hydrogens is 660 g/mol. The highest BCUT2D eigenvalue weighted by Crippen LogP contribution is 2.39. The Morgan fingerprint density at radius 3 is 2.27 bits per heavy atom. The first-order valence-corrected chi connectivity index (χ1v) is 18.0. The van der Waals surface area contributed by atoms with E-state index in [1.54, 1.807) is 24.3 Å². The zero-order valence-electron chi connectivity index (χ0n) is 29.7. The van der Waals surface area contributed by atoms with Crippen molar-refractivity contribution in [3.63, 3.8) is 0 Å². The van der Waals surface area contributed by atoms with E-state index >= 15 is 0 Å². The third-order valence-electron chi connectivity index (χ3n) is 9.32. The number of unbranched alkanes of at least 4 members (excludes halogenated alkanes) is 3. The van der Waals surface area contributed by atoms with E-state index in [4.69, 9.17) is 14.6 Å². The fourth-order valence-electron chi connectivity index (χ4n) is 6.52. The maximum Gasteiger partial charge on any atom is 0.303 e. The second kappa shape index (κ2) is 19.3. The van der Waals surface area contributed by atoms with Gasteiger partial charge in [0.15, 0.2) is 6.29 Å². The molecule has 0 radical (unpaired) electrons. The van der Waals surface area contributed by atoms with Crippen molar-refractivity contribution in [2.24, 2.45) is 0 Å². The number of nitrogens with one attached hydrogen (secondary N) is 1. The van der Waals surface area contributed by atoms with Gasteiger partial charge < -0.3 is 40.1 Å². The van der Waals surface area contributed by atoms with E-state index < -0.39 is 18.4 Å². The number of phenolic OH excluding ortho intramolecular Hbond substituents is 1. The number of aromatic hydroxyl groups is 1. The minimum atomic E-state index is -0.786. The lowest BCUT2D eigenvalue weighted by molar-refractivity contribution is -0.252. The standard InChI is InChI=1S/C42H50N2O8/c1-44(27-38(47)34-12-8-14-36(46)23-34)26-37-24-39(31-19-17-29(28-45)18-20-31)52-42(51-37)35-13-7-11-33(22-35)32-10-6-9-30(21-32)25-43-40(48)15-4-2-3-5-16-41(49)50/h6-14,17-23,37-39,42,45-47H,2-5,15-16,24-28H2,1H3,(H,43,48)(H,49,50)/t37-,38+,39+,42+/m0/s1. The Morgan fingerprint density at radius 2 is 1.54 bits per heavy atom. The third-order valence-corrected chi connectivity index (χ3v) is 9.32. The number of nitrogens with zero attached hydrogens (tertiary/aromatic N) is 1. The van der Waals surface area contributed by atoms with Gasteiger partial charge in [-0.1, -0.05) is 85.6 Å². The number of aliphatic hydroxyl groups is 2. The van der Waals surface area contributed by atoms with Crippen LogP contribution in [0, 0.1) is 0 Å². The number of phenols is 1. The molecule has 4 atom stereocenters. The van der Waals surface area contributed by atoms with Crippen LogP contribution in [0.25, 0.3) is 11.1 Å². The fourth-order valence-corrected chi connectivity index (χ4v) is 6.52. The van der Waals surface area contributed by atoms with Crippen molar-refractivity contribution in [1.29, 1.82) is 0 Å². The molecule has 1 aliphatic rings. The number of hydrogen-bond acceptors (Lipinski definition) is 8. The molecule has 1 saturated heterocycles. The Bertz CT molecular complexity index is 1750. The number of ether oxygens (including phenoxy) is 2. The van der Waals surface area contributed by atoms with E-state index in [2.05, 4.69) is 17.4 Å². The van der Waals surface area contributed by atoms with Crippen molar-refractivity contribution in [2.45, 2.75) is 82.7 Å². The molecule has 276 valence electrons. The Kier molecular flexibility index (Phi) is 14.4. The molecule has 1 aliphatic heterocycles. The highest BCUT2D eigenvalue weighted by Gasteiger charge is 2.33. The summed E-state index contributed by atoms with van der Waals surface area (Å²) >= 11 is 0. The van der Waals surface area contributed by atoms with E-state index in [1.165, 1.54) is 0 Å². The van der Waals surface area contributed by atoms with Crippen molar-refractivity contribution < 1.29 is 39.5 Å². The lowest BCUT2D eigenvalue weighted by Crippen LogP contribution is -2.39. The van der Waals surface area contributed by atoms with Crippen LogP contribution in [-0.4, -0.2) is 63.4 Å². The van der Waals surface area contributed by atoms with Crippen LogP contribution in [0.15, 0.2) is 97.1 Å². The van der Waals surface area contributed by atoms with Crippen LogP contribution in [0.2, 0.25) is 0 Å². The minimum absolute atomic E-state index is 0.0214. The molecule has 0 aromatic heterocycles. The summed E-state index contributed by atoms with van der Waals surface area (Å²) in [5.41, 5.74) is 6.28. The topological polar surface area (TPSA) is 149 Å². The lowest BCUT2D eigenvalue weighted by atomic mass is 9.98. The summed E-state index contributed by atoms with van der Waals surface area (Å²) < 4.78 is 13.2. The summed E-state index contributed by atoms with van der Waals surface area (Å²) in [5.74, 6) is -0.696. The van der Waals surface area contributed by atoms with Crippen molar-refractivity contribution in [1.82, 2.24) is 10.2 Å². The SMILES string of the molecule is CN(C[C@@H]1C[C@H](c2ccc(CO)cc2)O[C@H](c2cccc(-c3cccc(CNC(=O)CCCCCCC(=O)O)c3)c2)O1)C[C@@H](O)c1cccc(O)c1. The van der Waals surface area contributed by atoms with Crippen molar-refractivity contribution in [3.05, 3.63) is 125 Å². The number of aliphatic hydroxyl groups excluding tert-OH is 2. The Labute approximate surface area is 305 Å². The summed E-state index contributed by atoms with van der Waals surface area (Å²) in [5, 5.41) is 42.1. The molecule has 5 N–H and O–H groups in total. The largest absolute Gasteiger partial charge is 0.508 e. The van der Waals surface area contributed by atoms with Crippen LogP contribution >= 0.6 is 0 Å². The summed E-state index contributed by atoms with van der Waals surface area (Å²) in [6, 6.07) is 30.5. The van der Waals surface area contributed by atoms with Crippen LogP contribution in [0.5, 0.6) is 5.75 Å². The number of benzene rings is 4. The van der Waals surface area contributed by atoms with Crippen molar-refractivity contribution in [3.8, 4) is 16.9 Å². The number of carboxylic acids is 1. The van der Waals surface area contributed by atoms with Crippen LogP contribution in [0.3, 0.4) is 0 Å². The van der Waals surface area contributed by atoms with Gasteiger partial charge in [0.05, 0.1) is 24.9 Å². The van der Waals surface area contributed by atoms with Gasteiger partial charge in [0.25, 0.3) is 0 Å². The van der Waals surface area contributed by atoms with Gasteiger partial charge in [-0.2, -0.15) is 0 Å². The molecule has 1 fully saturated rings. The first-order chi connectivity index (χ1) is 25.2. The van der Waals surface area contributed by atoms with Crippen LogP contribution < -0.4 is 5.32 Å². The predicted molar refractivity (Wildman–Crippen MR) is 198 cm³/mol. The van der Waals surface area contributed by atoms with Gasteiger partial charge in [0.2, 0.25) is 5.91 Å². The van der Waals surface area contributed by atoms with Crippen LogP contribution in [0.4, 0.5) is 0 Å². The van der Waals surface area contributed by atoms with E-state index in [9.17, 15) is 24.9 Å².